The molecule has 1 N–H and O–H groups in total. The molecule has 0 saturated carbocycles. The first kappa shape index (κ1) is 15.8. The van der Waals surface area contributed by atoms with Crippen molar-refractivity contribution in [2.24, 2.45) is 0 Å². The van der Waals surface area contributed by atoms with Crippen LogP contribution in [0.3, 0.4) is 0 Å². The van der Waals surface area contributed by atoms with E-state index in [1.165, 1.54) is 5.56 Å². The van der Waals surface area contributed by atoms with Gasteiger partial charge in [0.2, 0.25) is 0 Å². The zero-order chi connectivity index (χ0) is 15.9. The van der Waals surface area contributed by atoms with E-state index >= 15 is 0 Å². The normalized spacial score (nSPS) is 16.7. The number of benzene rings is 2. The van der Waals surface area contributed by atoms with Crippen molar-refractivity contribution in [3.8, 4) is 11.5 Å². The van der Waals surface area contributed by atoms with Crippen molar-refractivity contribution in [1.29, 1.82) is 0 Å². The Balaban J connectivity index is 1.79. The number of nitrogens with zero attached hydrogens (tertiary/aromatic N) is 1. The summed E-state index contributed by atoms with van der Waals surface area (Å²) in [5.74, 6) is 1.75. The van der Waals surface area contributed by atoms with E-state index < -0.39 is 0 Å². The predicted octanol–water partition coefficient (Wildman–Crippen LogP) is 4.00. The highest BCUT2D eigenvalue weighted by atomic mass is 16.5. The van der Waals surface area contributed by atoms with Crippen molar-refractivity contribution in [3.05, 3.63) is 72.8 Å². The Morgan fingerprint density at radius 3 is 2.52 bits per heavy atom. The third-order valence-electron chi connectivity index (χ3n) is 4.20. The molecular formula is C20H24N2O. The lowest BCUT2D eigenvalue weighted by Crippen LogP contribution is -2.45. The third-order valence-corrected chi connectivity index (χ3v) is 4.20. The molecule has 2 aromatic rings. The number of ether oxygens (including phenoxy) is 1. The number of hydrogen-bond acceptors (Lipinski definition) is 3. The summed E-state index contributed by atoms with van der Waals surface area (Å²) in [6.07, 6.45) is 2.96. The molecule has 0 bridgehead atoms. The average Bonchev–Trinajstić information content (AvgIpc) is 2.61. The minimum atomic E-state index is 0.369. The van der Waals surface area contributed by atoms with Gasteiger partial charge in [0.15, 0.2) is 0 Å². The van der Waals surface area contributed by atoms with Crippen LogP contribution < -0.4 is 10.1 Å². The van der Waals surface area contributed by atoms with Crippen molar-refractivity contribution in [1.82, 2.24) is 10.2 Å². The number of piperazine rings is 1. The van der Waals surface area contributed by atoms with E-state index in [-0.39, 0.29) is 0 Å². The Hall–Kier alpha value is -2.10. The lowest BCUT2D eigenvalue weighted by Gasteiger charge is -2.35. The summed E-state index contributed by atoms with van der Waals surface area (Å²) in [6.45, 7) is 8.18. The van der Waals surface area contributed by atoms with Gasteiger partial charge in [-0.3, -0.25) is 4.90 Å². The smallest absolute Gasteiger partial charge is 0.127 e. The van der Waals surface area contributed by atoms with E-state index in [0.717, 1.165) is 44.1 Å². The molecule has 0 amide bonds. The second-order valence-corrected chi connectivity index (χ2v) is 5.81. The first-order chi connectivity index (χ1) is 11.4. The van der Waals surface area contributed by atoms with Crippen molar-refractivity contribution < 1.29 is 4.74 Å². The van der Waals surface area contributed by atoms with Gasteiger partial charge in [0.1, 0.15) is 11.5 Å². The first-order valence-corrected chi connectivity index (χ1v) is 8.25. The van der Waals surface area contributed by atoms with Crippen LogP contribution in [0.2, 0.25) is 0 Å². The molecule has 1 heterocycles. The lowest BCUT2D eigenvalue weighted by atomic mass is 10.0. The lowest BCUT2D eigenvalue weighted by molar-refractivity contribution is 0.174. The molecule has 0 radical (unpaired) electrons. The summed E-state index contributed by atoms with van der Waals surface area (Å²) >= 11 is 0. The molecule has 1 aliphatic heterocycles. The second kappa shape index (κ2) is 7.95. The maximum atomic E-state index is 5.98. The zero-order valence-corrected chi connectivity index (χ0v) is 13.4. The van der Waals surface area contributed by atoms with Crippen LogP contribution in [-0.2, 0) is 0 Å². The highest BCUT2D eigenvalue weighted by Crippen LogP contribution is 2.29. The van der Waals surface area contributed by atoms with Gasteiger partial charge in [-0.25, -0.2) is 0 Å². The number of nitrogens with one attached hydrogen (secondary N) is 1. The Kier molecular flexibility index (Phi) is 5.46. The fourth-order valence-electron chi connectivity index (χ4n) is 3.06. The SMILES string of the molecule is C=CC[C@@H](c1cccc(Oc2ccccc2)c1)N1CCNCC1. The molecule has 1 fully saturated rings. The molecule has 3 heteroatoms. The van der Waals surface area contributed by atoms with E-state index in [1.54, 1.807) is 0 Å². The fraction of sp³-hybridized carbons (Fsp3) is 0.300. The van der Waals surface area contributed by atoms with Crippen LogP contribution in [0.15, 0.2) is 67.3 Å². The van der Waals surface area contributed by atoms with E-state index in [0.29, 0.717) is 6.04 Å². The number of rotatable bonds is 6. The monoisotopic (exact) mass is 308 g/mol. The van der Waals surface area contributed by atoms with E-state index in [4.69, 9.17) is 4.74 Å². The predicted molar refractivity (Wildman–Crippen MR) is 95.0 cm³/mol. The quantitative estimate of drug-likeness (QED) is 0.816. The van der Waals surface area contributed by atoms with Crippen LogP contribution in [0.25, 0.3) is 0 Å². The number of hydrogen-bond donors (Lipinski definition) is 1. The van der Waals surface area contributed by atoms with E-state index in [2.05, 4.69) is 35.0 Å². The topological polar surface area (TPSA) is 24.5 Å². The summed E-state index contributed by atoms with van der Waals surface area (Å²) in [4.78, 5) is 2.53. The van der Waals surface area contributed by atoms with Crippen molar-refractivity contribution in [2.75, 3.05) is 26.2 Å². The van der Waals surface area contributed by atoms with Gasteiger partial charge in [0, 0.05) is 32.2 Å². The zero-order valence-electron chi connectivity index (χ0n) is 13.4. The van der Waals surface area contributed by atoms with Gasteiger partial charge < -0.3 is 10.1 Å². The molecule has 3 nitrogen and oxygen atoms in total. The average molecular weight is 308 g/mol. The Morgan fingerprint density at radius 1 is 1.04 bits per heavy atom. The molecule has 120 valence electrons. The van der Waals surface area contributed by atoms with Gasteiger partial charge in [-0.1, -0.05) is 36.4 Å². The highest BCUT2D eigenvalue weighted by Gasteiger charge is 2.21. The minimum Gasteiger partial charge on any atom is -0.457 e. The van der Waals surface area contributed by atoms with Crippen molar-refractivity contribution in [2.45, 2.75) is 12.5 Å². The molecule has 0 aliphatic carbocycles. The van der Waals surface area contributed by atoms with Crippen LogP contribution >= 0.6 is 0 Å². The van der Waals surface area contributed by atoms with Crippen LogP contribution in [-0.4, -0.2) is 31.1 Å². The van der Waals surface area contributed by atoms with Crippen molar-refractivity contribution in [3.63, 3.8) is 0 Å². The van der Waals surface area contributed by atoms with Crippen molar-refractivity contribution >= 4 is 0 Å². The van der Waals surface area contributed by atoms with Gasteiger partial charge >= 0.3 is 0 Å². The van der Waals surface area contributed by atoms with E-state index in [9.17, 15) is 0 Å². The highest BCUT2D eigenvalue weighted by molar-refractivity contribution is 5.35. The van der Waals surface area contributed by atoms with Crippen LogP contribution in [0.4, 0.5) is 0 Å². The number of para-hydroxylation sites is 1. The summed E-state index contributed by atoms with van der Waals surface area (Å²) in [5.41, 5.74) is 1.29. The molecular weight excluding hydrogens is 284 g/mol. The maximum Gasteiger partial charge on any atom is 0.127 e. The summed E-state index contributed by atoms with van der Waals surface area (Å²) in [5, 5.41) is 3.42. The maximum absolute atomic E-state index is 5.98. The third kappa shape index (κ3) is 4.21. The Bertz CT molecular complexity index is 621. The van der Waals surface area contributed by atoms with Gasteiger partial charge in [-0.2, -0.15) is 0 Å². The van der Waals surface area contributed by atoms with Crippen LogP contribution in [0.1, 0.15) is 18.0 Å². The minimum absolute atomic E-state index is 0.369. The fourth-order valence-corrected chi connectivity index (χ4v) is 3.06. The Labute approximate surface area is 138 Å². The van der Waals surface area contributed by atoms with Gasteiger partial charge in [-0.15, -0.1) is 6.58 Å². The summed E-state index contributed by atoms with van der Waals surface area (Å²) < 4.78 is 5.98. The van der Waals surface area contributed by atoms with E-state index in [1.807, 2.05) is 42.5 Å². The largest absolute Gasteiger partial charge is 0.457 e. The molecule has 0 aromatic heterocycles. The summed E-state index contributed by atoms with van der Waals surface area (Å²) in [7, 11) is 0. The molecule has 3 rings (SSSR count). The summed E-state index contributed by atoms with van der Waals surface area (Å²) in [6, 6.07) is 18.7. The second-order valence-electron chi connectivity index (χ2n) is 5.81. The van der Waals surface area contributed by atoms with Gasteiger partial charge in [0.05, 0.1) is 0 Å². The van der Waals surface area contributed by atoms with Gasteiger partial charge in [0.25, 0.3) is 0 Å². The molecule has 1 atom stereocenters. The molecule has 0 unspecified atom stereocenters. The van der Waals surface area contributed by atoms with Crippen LogP contribution in [0.5, 0.6) is 11.5 Å². The molecule has 2 aromatic carbocycles. The molecule has 0 spiro atoms. The van der Waals surface area contributed by atoms with Gasteiger partial charge in [-0.05, 0) is 36.2 Å². The standard InChI is InChI=1S/C20H24N2O/c1-2-7-20(22-14-12-21-13-15-22)17-8-6-11-19(16-17)23-18-9-4-3-5-10-18/h2-6,8-11,16,20-21H,1,7,12-15H2/t20-/m0/s1. The van der Waals surface area contributed by atoms with Crippen LogP contribution in [0, 0.1) is 0 Å². The molecule has 23 heavy (non-hydrogen) atoms. The first-order valence-electron chi connectivity index (χ1n) is 8.25. The molecule has 1 aliphatic rings. The molecule has 1 saturated heterocycles. The Morgan fingerprint density at radius 2 is 1.78 bits per heavy atom.